The van der Waals surface area contributed by atoms with Crippen LogP contribution in [-0.2, 0) is 16.6 Å². The Balaban J connectivity index is 2.22. The Kier molecular flexibility index (Phi) is 2.32. The highest BCUT2D eigenvalue weighted by Gasteiger charge is 2.50. The van der Waals surface area contributed by atoms with Gasteiger partial charge in [-0.25, -0.2) is 0 Å². The van der Waals surface area contributed by atoms with Crippen LogP contribution in [0.2, 0.25) is 0 Å². The van der Waals surface area contributed by atoms with E-state index in [0.717, 1.165) is 24.8 Å². The van der Waals surface area contributed by atoms with Gasteiger partial charge in [0.05, 0.1) is 5.41 Å². The van der Waals surface area contributed by atoms with Crippen molar-refractivity contribution in [2.45, 2.75) is 31.1 Å². The average molecular weight is 228 g/mol. The fourth-order valence-corrected chi connectivity index (χ4v) is 3.47. The van der Waals surface area contributed by atoms with Gasteiger partial charge in [0.15, 0.2) is 0 Å². The van der Waals surface area contributed by atoms with E-state index in [-0.39, 0.29) is 5.92 Å². The van der Waals surface area contributed by atoms with Crippen molar-refractivity contribution >= 4 is 5.97 Å². The number of aliphatic carboxylic acids is 1. The number of fused-ring (bicyclic) bond motifs is 3. The second-order valence-corrected chi connectivity index (χ2v) is 5.08. The molecule has 2 aliphatic carbocycles. The second-order valence-electron chi connectivity index (χ2n) is 5.08. The summed E-state index contributed by atoms with van der Waals surface area (Å²) < 4.78 is 0. The molecule has 2 unspecified atom stereocenters. The van der Waals surface area contributed by atoms with Gasteiger partial charge in [0.1, 0.15) is 0 Å². The Hall–Kier alpha value is -1.57. The number of benzene rings is 1. The molecule has 1 aromatic carbocycles. The van der Waals surface area contributed by atoms with Crippen molar-refractivity contribution in [3.8, 4) is 0 Å². The highest BCUT2D eigenvalue weighted by Crippen LogP contribution is 2.48. The predicted molar refractivity (Wildman–Crippen MR) is 65.9 cm³/mol. The van der Waals surface area contributed by atoms with Gasteiger partial charge in [-0.2, -0.15) is 0 Å². The molecule has 2 nitrogen and oxygen atoms in total. The first-order valence-corrected chi connectivity index (χ1v) is 6.22. The maximum Gasteiger partial charge on any atom is 0.314 e. The number of hydrogen-bond acceptors (Lipinski definition) is 1. The van der Waals surface area contributed by atoms with E-state index in [4.69, 9.17) is 0 Å². The number of rotatable bonds is 1. The molecular weight excluding hydrogens is 212 g/mol. The van der Waals surface area contributed by atoms with Crippen LogP contribution in [0.4, 0.5) is 0 Å². The summed E-state index contributed by atoms with van der Waals surface area (Å²) in [6.45, 7) is 0. The van der Waals surface area contributed by atoms with Crippen molar-refractivity contribution in [2.24, 2.45) is 5.92 Å². The van der Waals surface area contributed by atoms with Crippen molar-refractivity contribution in [1.29, 1.82) is 0 Å². The molecule has 0 bridgehead atoms. The summed E-state index contributed by atoms with van der Waals surface area (Å²) >= 11 is 0. The van der Waals surface area contributed by atoms with E-state index in [0.29, 0.717) is 6.42 Å². The minimum atomic E-state index is -0.663. The highest BCUT2D eigenvalue weighted by atomic mass is 16.4. The van der Waals surface area contributed by atoms with E-state index < -0.39 is 11.4 Å². The minimum Gasteiger partial charge on any atom is -0.481 e. The van der Waals surface area contributed by atoms with Crippen LogP contribution < -0.4 is 0 Å². The molecule has 0 aromatic heterocycles. The Morgan fingerprint density at radius 3 is 2.94 bits per heavy atom. The van der Waals surface area contributed by atoms with Crippen LogP contribution in [0.25, 0.3) is 0 Å². The van der Waals surface area contributed by atoms with Crippen molar-refractivity contribution in [1.82, 2.24) is 0 Å². The lowest BCUT2D eigenvalue weighted by Gasteiger charge is -2.43. The number of carboxylic acid groups (broad SMARTS) is 1. The van der Waals surface area contributed by atoms with Crippen LogP contribution in [0.1, 0.15) is 30.4 Å². The summed E-state index contributed by atoms with van der Waals surface area (Å²) in [5, 5.41) is 9.74. The van der Waals surface area contributed by atoms with Crippen LogP contribution >= 0.6 is 0 Å². The normalized spacial score (nSPS) is 30.5. The smallest absolute Gasteiger partial charge is 0.314 e. The van der Waals surface area contributed by atoms with E-state index in [1.807, 2.05) is 24.3 Å². The molecule has 88 valence electrons. The molecule has 2 heteroatoms. The number of aryl methyl sites for hydroxylation is 1. The lowest BCUT2D eigenvalue weighted by Crippen LogP contribution is -2.47. The first-order chi connectivity index (χ1) is 8.25. The second kappa shape index (κ2) is 3.73. The Bertz CT molecular complexity index is 489. The molecule has 0 saturated carbocycles. The Morgan fingerprint density at radius 2 is 2.12 bits per heavy atom. The molecule has 3 rings (SSSR count). The van der Waals surface area contributed by atoms with E-state index in [1.165, 1.54) is 5.56 Å². The van der Waals surface area contributed by atoms with Crippen LogP contribution in [-0.4, -0.2) is 11.1 Å². The third kappa shape index (κ3) is 1.36. The zero-order valence-corrected chi connectivity index (χ0v) is 9.73. The molecule has 17 heavy (non-hydrogen) atoms. The molecule has 2 atom stereocenters. The van der Waals surface area contributed by atoms with E-state index >= 15 is 0 Å². The molecular formula is C15H16O2. The van der Waals surface area contributed by atoms with Gasteiger partial charge in [-0.1, -0.05) is 36.4 Å². The first-order valence-electron chi connectivity index (χ1n) is 6.22. The van der Waals surface area contributed by atoms with Crippen molar-refractivity contribution in [2.75, 3.05) is 0 Å². The summed E-state index contributed by atoms with van der Waals surface area (Å²) in [4.78, 5) is 11.8. The Labute approximate surface area is 101 Å². The molecule has 0 radical (unpaired) electrons. The summed E-state index contributed by atoms with van der Waals surface area (Å²) in [6.07, 6.45) is 7.73. The van der Waals surface area contributed by atoms with Crippen molar-refractivity contribution in [3.63, 3.8) is 0 Å². The maximum absolute atomic E-state index is 11.8. The lowest BCUT2D eigenvalue weighted by atomic mass is 9.59. The summed E-state index contributed by atoms with van der Waals surface area (Å²) in [7, 11) is 0. The third-order valence-electron chi connectivity index (χ3n) is 4.37. The van der Waals surface area contributed by atoms with Gasteiger partial charge in [0.2, 0.25) is 0 Å². The molecule has 0 fully saturated rings. The molecule has 0 spiro atoms. The van der Waals surface area contributed by atoms with Crippen molar-refractivity contribution in [3.05, 3.63) is 47.5 Å². The van der Waals surface area contributed by atoms with Gasteiger partial charge in [0, 0.05) is 0 Å². The average Bonchev–Trinajstić information content (AvgIpc) is 2.38. The standard InChI is InChI=1S/C15H16O2/c16-14(17)15-10-4-3-6-12(15)9-8-11-5-1-2-7-13(11)15/h1-5,7,12H,6,8-10H2,(H,16,17). The van der Waals surface area contributed by atoms with Gasteiger partial charge < -0.3 is 5.11 Å². The molecule has 0 amide bonds. The van der Waals surface area contributed by atoms with Gasteiger partial charge in [-0.3, -0.25) is 4.79 Å². The van der Waals surface area contributed by atoms with Crippen LogP contribution in [0.5, 0.6) is 0 Å². The zero-order valence-electron chi connectivity index (χ0n) is 9.73. The fraction of sp³-hybridized carbons (Fsp3) is 0.400. The number of allylic oxidation sites excluding steroid dienone is 2. The van der Waals surface area contributed by atoms with E-state index in [2.05, 4.69) is 12.1 Å². The van der Waals surface area contributed by atoms with Crippen LogP contribution in [0, 0.1) is 5.92 Å². The highest BCUT2D eigenvalue weighted by molar-refractivity contribution is 5.83. The fourth-order valence-electron chi connectivity index (χ4n) is 3.47. The molecule has 0 heterocycles. The summed E-state index contributed by atoms with van der Waals surface area (Å²) in [5.41, 5.74) is 1.61. The van der Waals surface area contributed by atoms with Crippen molar-refractivity contribution < 1.29 is 9.90 Å². The quantitative estimate of drug-likeness (QED) is 0.750. The Morgan fingerprint density at radius 1 is 1.29 bits per heavy atom. The monoisotopic (exact) mass is 228 g/mol. The van der Waals surface area contributed by atoms with Gasteiger partial charge in [-0.15, -0.1) is 0 Å². The molecule has 1 N–H and O–H groups in total. The van der Waals surface area contributed by atoms with Gasteiger partial charge >= 0.3 is 5.97 Å². The lowest BCUT2D eigenvalue weighted by molar-refractivity contribution is -0.147. The number of carbonyl (C=O) groups is 1. The minimum absolute atomic E-state index is 0.264. The first kappa shape index (κ1) is 10.6. The number of hydrogen-bond donors (Lipinski definition) is 1. The number of carboxylic acids is 1. The molecule has 0 aliphatic heterocycles. The predicted octanol–water partition coefficient (Wildman–Crippen LogP) is 2.92. The van der Waals surface area contributed by atoms with Gasteiger partial charge in [0.25, 0.3) is 0 Å². The summed E-state index contributed by atoms with van der Waals surface area (Å²) in [5.74, 6) is -0.390. The van der Waals surface area contributed by atoms with Gasteiger partial charge in [-0.05, 0) is 42.7 Å². The van der Waals surface area contributed by atoms with E-state index in [1.54, 1.807) is 0 Å². The summed E-state index contributed by atoms with van der Waals surface area (Å²) in [6, 6.07) is 8.06. The largest absolute Gasteiger partial charge is 0.481 e. The third-order valence-corrected chi connectivity index (χ3v) is 4.37. The molecule has 0 saturated heterocycles. The topological polar surface area (TPSA) is 37.3 Å². The molecule has 2 aliphatic rings. The zero-order chi connectivity index (χ0) is 11.9. The van der Waals surface area contributed by atoms with Crippen LogP contribution in [0.15, 0.2) is 36.4 Å². The molecule has 1 aromatic rings. The maximum atomic E-state index is 11.8. The van der Waals surface area contributed by atoms with E-state index in [9.17, 15) is 9.90 Å². The SMILES string of the molecule is O=C(O)C12CC=CCC1CCc1ccccc12. The van der Waals surface area contributed by atoms with Crippen LogP contribution in [0.3, 0.4) is 0 Å².